The molecule has 1 aliphatic heterocycles. The molecule has 1 atom stereocenters. The first-order chi connectivity index (χ1) is 22.4. The topological polar surface area (TPSA) is 87.5 Å². The first kappa shape index (κ1) is 32.5. The molecule has 1 saturated carbocycles. The molecule has 3 aromatic carbocycles. The molecule has 2 aliphatic rings. The summed E-state index contributed by atoms with van der Waals surface area (Å²) in [7, 11) is 0. The average Bonchev–Trinajstić information content (AvgIpc) is 3.46. The number of halogens is 2. The summed E-state index contributed by atoms with van der Waals surface area (Å²) >= 11 is 11.7. The summed E-state index contributed by atoms with van der Waals surface area (Å²) in [5.74, 6) is 2.00. The lowest BCUT2D eigenvalue weighted by Gasteiger charge is -2.30. The van der Waals surface area contributed by atoms with E-state index < -0.39 is 6.04 Å². The van der Waals surface area contributed by atoms with Gasteiger partial charge in [-0.3, -0.25) is 0 Å². The SMILES string of the molecule is CCOc1cc(C2C(C(=O)OC3CCCCC3)=C(C)Nc3nc(SCc4ccccc4)nn32)cc(Br)c1OCc1ccccc1Cl. The summed E-state index contributed by atoms with van der Waals surface area (Å²) in [6.45, 7) is 4.49. The fourth-order valence-corrected chi connectivity index (χ4v) is 7.35. The van der Waals surface area contributed by atoms with Gasteiger partial charge >= 0.3 is 5.97 Å². The Morgan fingerprint density at radius 2 is 1.83 bits per heavy atom. The molecule has 1 unspecified atom stereocenters. The largest absolute Gasteiger partial charge is 0.490 e. The lowest BCUT2D eigenvalue weighted by atomic mass is 9.94. The average molecular weight is 724 g/mol. The number of nitrogens with one attached hydrogen (secondary N) is 1. The number of benzene rings is 3. The summed E-state index contributed by atoms with van der Waals surface area (Å²) in [5.41, 5.74) is 3.98. The highest BCUT2D eigenvalue weighted by molar-refractivity contribution is 9.10. The molecule has 1 N–H and O–H groups in total. The highest BCUT2D eigenvalue weighted by Crippen LogP contribution is 2.44. The quantitative estimate of drug-likeness (QED) is 0.121. The molecule has 4 aromatic rings. The summed E-state index contributed by atoms with van der Waals surface area (Å²) in [5, 5.41) is 9.48. The van der Waals surface area contributed by atoms with Crippen LogP contribution in [0.25, 0.3) is 0 Å². The van der Waals surface area contributed by atoms with Crippen LogP contribution in [-0.4, -0.2) is 33.4 Å². The molecule has 8 nitrogen and oxygen atoms in total. The van der Waals surface area contributed by atoms with Gasteiger partial charge in [0.15, 0.2) is 11.5 Å². The van der Waals surface area contributed by atoms with Gasteiger partial charge in [-0.2, -0.15) is 4.98 Å². The van der Waals surface area contributed by atoms with Crippen LogP contribution in [-0.2, 0) is 21.9 Å². The van der Waals surface area contributed by atoms with E-state index in [1.54, 1.807) is 16.4 Å². The van der Waals surface area contributed by atoms with Crippen molar-refractivity contribution in [1.29, 1.82) is 0 Å². The van der Waals surface area contributed by atoms with Crippen molar-refractivity contribution in [3.05, 3.63) is 104 Å². The molecule has 1 aliphatic carbocycles. The third kappa shape index (κ3) is 7.40. The molecule has 0 radical (unpaired) electrons. The molecule has 0 bridgehead atoms. The summed E-state index contributed by atoms with van der Waals surface area (Å²) in [6, 6.07) is 21.0. The fourth-order valence-electron chi connectivity index (χ4n) is 5.80. The summed E-state index contributed by atoms with van der Waals surface area (Å²) < 4.78 is 21.0. The highest BCUT2D eigenvalue weighted by Gasteiger charge is 2.37. The number of allylic oxidation sites excluding steroid dienone is 1. The number of hydrogen-bond donors (Lipinski definition) is 1. The Balaban J connectivity index is 1.37. The zero-order chi connectivity index (χ0) is 32.0. The van der Waals surface area contributed by atoms with Gasteiger partial charge in [-0.1, -0.05) is 78.3 Å². The van der Waals surface area contributed by atoms with E-state index in [0.29, 0.717) is 50.0 Å². The van der Waals surface area contributed by atoms with Gasteiger partial charge in [-0.25, -0.2) is 9.48 Å². The van der Waals surface area contributed by atoms with Crippen molar-refractivity contribution in [2.24, 2.45) is 0 Å². The molecule has 0 saturated heterocycles. The van der Waals surface area contributed by atoms with E-state index in [4.69, 9.17) is 35.9 Å². The molecule has 1 aromatic heterocycles. The van der Waals surface area contributed by atoms with Crippen LogP contribution in [0.4, 0.5) is 5.95 Å². The first-order valence-corrected chi connectivity index (χ1v) is 17.7. The van der Waals surface area contributed by atoms with Crippen molar-refractivity contribution in [2.45, 2.75) is 75.6 Å². The molecule has 1 fully saturated rings. The number of esters is 1. The lowest BCUT2D eigenvalue weighted by molar-refractivity contribution is -0.146. The number of ether oxygens (including phenoxy) is 3. The minimum absolute atomic E-state index is 0.0948. The Bertz CT molecular complexity index is 1730. The van der Waals surface area contributed by atoms with Gasteiger partial charge in [0.25, 0.3) is 0 Å². The number of hydrogen-bond acceptors (Lipinski definition) is 8. The smallest absolute Gasteiger partial charge is 0.338 e. The molecule has 46 heavy (non-hydrogen) atoms. The van der Waals surface area contributed by atoms with Gasteiger partial charge in [0, 0.05) is 22.0 Å². The Morgan fingerprint density at radius 3 is 2.59 bits per heavy atom. The Hall–Kier alpha value is -3.47. The molecular weight excluding hydrogens is 688 g/mol. The van der Waals surface area contributed by atoms with Crippen LogP contribution in [0.2, 0.25) is 5.02 Å². The Kier molecular flexibility index (Phi) is 10.6. The second-order valence-electron chi connectivity index (χ2n) is 11.3. The Morgan fingerprint density at radius 1 is 1.07 bits per heavy atom. The maximum absolute atomic E-state index is 14.0. The number of carbonyl (C=O) groups excluding carboxylic acids is 1. The minimum atomic E-state index is -0.612. The van der Waals surface area contributed by atoms with Gasteiger partial charge in [-0.05, 0) is 84.8 Å². The van der Waals surface area contributed by atoms with Crippen LogP contribution < -0.4 is 14.8 Å². The van der Waals surface area contributed by atoms with Crippen LogP contribution >= 0.6 is 39.3 Å². The number of anilines is 1. The number of fused-ring (bicyclic) bond motifs is 1. The minimum Gasteiger partial charge on any atom is -0.490 e. The predicted molar refractivity (Wildman–Crippen MR) is 185 cm³/mol. The normalized spacial score (nSPS) is 16.5. The third-order valence-corrected chi connectivity index (χ3v) is 9.93. The van der Waals surface area contributed by atoms with Crippen molar-refractivity contribution in [3.63, 3.8) is 0 Å². The molecular formula is C35H36BrClN4O4S. The highest BCUT2D eigenvalue weighted by atomic mass is 79.9. The van der Waals surface area contributed by atoms with E-state index >= 15 is 0 Å². The van der Waals surface area contributed by atoms with Crippen LogP contribution in [0.5, 0.6) is 11.5 Å². The molecule has 6 rings (SSSR count). The zero-order valence-corrected chi connectivity index (χ0v) is 29.0. The van der Waals surface area contributed by atoms with E-state index in [9.17, 15) is 4.79 Å². The van der Waals surface area contributed by atoms with Crippen molar-refractivity contribution in [2.75, 3.05) is 11.9 Å². The number of thioether (sulfide) groups is 1. The van der Waals surface area contributed by atoms with Gasteiger partial charge < -0.3 is 19.5 Å². The number of carbonyl (C=O) groups is 1. The fraction of sp³-hybridized carbons (Fsp3) is 0.343. The van der Waals surface area contributed by atoms with E-state index in [1.807, 2.05) is 68.4 Å². The molecule has 0 amide bonds. The number of rotatable bonds is 11. The van der Waals surface area contributed by atoms with Crippen LogP contribution in [0.15, 0.2) is 87.6 Å². The zero-order valence-electron chi connectivity index (χ0n) is 25.8. The third-order valence-electron chi connectivity index (χ3n) is 8.07. The molecule has 11 heteroatoms. The van der Waals surface area contributed by atoms with Crippen molar-refractivity contribution in [1.82, 2.24) is 14.8 Å². The molecule has 2 heterocycles. The second-order valence-corrected chi connectivity index (χ2v) is 13.5. The van der Waals surface area contributed by atoms with Crippen molar-refractivity contribution in [3.8, 4) is 11.5 Å². The monoisotopic (exact) mass is 722 g/mol. The number of aromatic nitrogens is 3. The Labute approximate surface area is 287 Å². The maximum atomic E-state index is 14.0. The van der Waals surface area contributed by atoms with Crippen LogP contribution in [0, 0.1) is 0 Å². The summed E-state index contributed by atoms with van der Waals surface area (Å²) in [4.78, 5) is 18.8. The summed E-state index contributed by atoms with van der Waals surface area (Å²) in [6.07, 6.45) is 4.96. The van der Waals surface area contributed by atoms with E-state index in [-0.39, 0.29) is 18.7 Å². The van der Waals surface area contributed by atoms with E-state index in [0.717, 1.165) is 42.6 Å². The van der Waals surface area contributed by atoms with Crippen LogP contribution in [0.1, 0.15) is 68.7 Å². The van der Waals surface area contributed by atoms with Crippen LogP contribution in [0.3, 0.4) is 0 Å². The molecule has 0 spiro atoms. The van der Waals surface area contributed by atoms with Crippen molar-refractivity contribution >= 4 is 51.2 Å². The van der Waals surface area contributed by atoms with Gasteiger partial charge in [0.05, 0.1) is 16.7 Å². The first-order valence-electron chi connectivity index (χ1n) is 15.6. The second kappa shape index (κ2) is 15.0. The van der Waals surface area contributed by atoms with Gasteiger partial charge in [0.1, 0.15) is 18.8 Å². The molecule has 240 valence electrons. The standard InChI is InChI=1S/C35H36BrClN4O4S/c1-3-43-29-19-25(18-27(36)32(29)44-20-24-14-10-11-17-28(24)37)31-30(33(42)45-26-15-8-5-9-16-26)22(2)38-34-39-35(40-41(31)34)46-21-23-12-6-4-7-13-23/h4,6-7,10-14,17-19,26,31H,3,5,8-9,15-16,20-21H2,1-2H3,(H,38,39,40). The van der Waals surface area contributed by atoms with Gasteiger partial charge in [0.2, 0.25) is 11.1 Å². The van der Waals surface area contributed by atoms with E-state index in [2.05, 4.69) is 33.4 Å². The van der Waals surface area contributed by atoms with Gasteiger partial charge in [-0.15, -0.1) is 5.10 Å². The predicted octanol–water partition coefficient (Wildman–Crippen LogP) is 9.13. The number of nitrogens with zero attached hydrogens (tertiary/aromatic N) is 3. The lowest BCUT2D eigenvalue weighted by Crippen LogP contribution is -2.32. The maximum Gasteiger partial charge on any atom is 0.338 e. The van der Waals surface area contributed by atoms with Crippen molar-refractivity contribution < 1.29 is 19.0 Å². The van der Waals surface area contributed by atoms with E-state index in [1.165, 1.54) is 12.0 Å².